The van der Waals surface area contributed by atoms with E-state index in [9.17, 15) is 4.79 Å². The summed E-state index contributed by atoms with van der Waals surface area (Å²) in [6.07, 6.45) is 3.51. The number of methoxy groups -OCH3 is 1. The van der Waals surface area contributed by atoms with Crippen molar-refractivity contribution < 1.29 is 14.3 Å². The molecule has 1 saturated heterocycles. The Morgan fingerprint density at radius 2 is 1.93 bits per heavy atom. The van der Waals surface area contributed by atoms with Crippen LogP contribution < -0.4 is 10.1 Å². The summed E-state index contributed by atoms with van der Waals surface area (Å²) in [4.78, 5) is 18.9. The zero-order valence-corrected chi connectivity index (χ0v) is 18.0. The second-order valence-corrected chi connectivity index (χ2v) is 7.13. The number of carbonyl (C=O) groups excluding carboxylic acids is 1. The lowest BCUT2D eigenvalue weighted by molar-refractivity contribution is -0.149. The Morgan fingerprint density at radius 1 is 1.20 bits per heavy atom. The molecule has 2 heterocycles. The molecule has 0 atom stereocenters. The highest BCUT2D eigenvalue weighted by Crippen LogP contribution is 2.19. The fourth-order valence-electron chi connectivity index (χ4n) is 3.49. The fourth-order valence-corrected chi connectivity index (χ4v) is 3.49. The van der Waals surface area contributed by atoms with Gasteiger partial charge in [-0.05, 0) is 57.0 Å². The van der Waals surface area contributed by atoms with E-state index >= 15 is 0 Å². The molecule has 0 saturated carbocycles. The van der Waals surface area contributed by atoms with Gasteiger partial charge in [0.25, 0.3) is 0 Å². The third kappa shape index (κ3) is 5.52. The van der Waals surface area contributed by atoms with E-state index in [4.69, 9.17) is 14.5 Å². The molecule has 8 heteroatoms. The van der Waals surface area contributed by atoms with Crippen LogP contribution in [-0.4, -0.2) is 60.0 Å². The maximum atomic E-state index is 12.0. The standard InChI is InChI=1S/C22H31N5O3/c1-4-23-22(26-13-10-17(11-14-26)21(28)30-5-2)24-16-18-12-15-27(25-18)19-6-8-20(29-3)9-7-19/h6-9,12,15,17H,4-5,10-11,13-14,16H2,1-3H3,(H,23,24). The first-order valence-electron chi connectivity index (χ1n) is 10.5. The van der Waals surface area contributed by atoms with Gasteiger partial charge >= 0.3 is 5.97 Å². The van der Waals surface area contributed by atoms with Crippen LogP contribution in [-0.2, 0) is 16.1 Å². The first-order chi connectivity index (χ1) is 14.6. The molecule has 0 unspecified atom stereocenters. The number of hydrogen-bond donors (Lipinski definition) is 1. The van der Waals surface area contributed by atoms with Gasteiger partial charge in [0.05, 0.1) is 37.6 Å². The minimum atomic E-state index is -0.0804. The third-order valence-corrected chi connectivity index (χ3v) is 5.12. The molecule has 162 valence electrons. The second-order valence-electron chi connectivity index (χ2n) is 7.13. The maximum Gasteiger partial charge on any atom is 0.309 e. The molecule has 1 aliphatic rings. The van der Waals surface area contributed by atoms with E-state index in [1.807, 2.05) is 48.1 Å². The summed E-state index contributed by atoms with van der Waals surface area (Å²) in [6, 6.07) is 9.74. The molecule has 30 heavy (non-hydrogen) atoms. The number of likely N-dealkylation sites (tertiary alicyclic amines) is 1. The molecule has 2 aromatic rings. The van der Waals surface area contributed by atoms with Gasteiger partial charge in [0.15, 0.2) is 5.96 Å². The first-order valence-corrected chi connectivity index (χ1v) is 10.5. The Hall–Kier alpha value is -3.03. The summed E-state index contributed by atoms with van der Waals surface area (Å²) in [7, 11) is 1.65. The predicted octanol–water partition coefficient (Wildman–Crippen LogP) is 2.62. The van der Waals surface area contributed by atoms with Crippen molar-refractivity contribution in [3.05, 3.63) is 42.2 Å². The molecule has 1 N–H and O–H groups in total. The molecular weight excluding hydrogens is 382 g/mol. The average Bonchev–Trinajstić information content (AvgIpc) is 3.26. The second kappa shape index (κ2) is 10.7. The molecule has 1 aliphatic heterocycles. The minimum Gasteiger partial charge on any atom is -0.497 e. The molecule has 0 amide bonds. The number of rotatable bonds is 7. The van der Waals surface area contributed by atoms with Gasteiger partial charge in [0, 0.05) is 25.8 Å². The lowest BCUT2D eigenvalue weighted by atomic mass is 9.97. The van der Waals surface area contributed by atoms with E-state index in [0.29, 0.717) is 13.2 Å². The van der Waals surface area contributed by atoms with Crippen molar-refractivity contribution in [2.75, 3.05) is 33.4 Å². The van der Waals surface area contributed by atoms with Crippen LogP contribution in [0.2, 0.25) is 0 Å². The number of benzene rings is 1. The number of piperidine rings is 1. The largest absolute Gasteiger partial charge is 0.497 e. The highest BCUT2D eigenvalue weighted by Gasteiger charge is 2.27. The van der Waals surface area contributed by atoms with Crippen LogP contribution in [0.5, 0.6) is 5.75 Å². The van der Waals surface area contributed by atoms with Gasteiger partial charge in [0.2, 0.25) is 0 Å². The molecule has 0 spiro atoms. The Labute approximate surface area is 177 Å². The van der Waals surface area contributed by atoms with Gasteiger partial charge in [-0.2, -0.15) is 5.10 Å². The Kier molecular flexibility index (Phi) is 7.70. The number of hydrogen-bond acceptors (Lipinski definition) is 5. The molecule has 1 aromatic heterocycles. The van der Waals surface area contributed by atoms with Crippen molar-refractivity contribution in [3.8, 4) is 11.4 Å². The zero-order chi connectivity index (χ0) is 21.3. The van der Waals surface area contributed by atoms with E-state index in [1.54, 1.807) is 7.11 Å². The molecule has 1 aromatic carbocycles. The molecule has 0 bridgehead atoms. The van der Waals surface area contributed by atoms with Crippen molar-refractivity contribution in [2.45, 2.75) is 33.2 Å². The lowest BCUT2D eigenvalue weighted by Gasteiger charge is -2.33. The van der Waals surface area contributed by atoms with Crippen LogP contribution >= 0.6 is 0 Å². The quantitative estimate of drug-likeness (QED) is 0.427. The molecule has 1 fully saturated rings. The number of ether oxygens (including phenoxy) is 2. The average molecular weight is 414 g/mol. The third-order valence-electron chi connectivity index (χ3n) is 5.12. The smallest absolute Gasteiger partial charge is 0.309 e. The number of aliphatic imine (C=N–C) groups is 1. The van der Waals surface area contributed by atoms with Crippen LogP contribution in [0.3, 0.4) is 0 Å². The van der Waals surface area contributed by atoms with Crippen LogP contribution in [0, 0.1) is 5.92 Å². The van der Waals surface area contributed by atoms with Crippen LogP contribution in [0.1, 0.15) is 32.4 Å². The van der Waals surface area contributed by atoms with Gasteiger partial charge < -0.3 is 19.7 Å². The van der Waals surface area contributed by atoms with Crippen LogP contribution in [0.15, 0.2) is 41.5 Å². The molecule has 3 rings (SSSR count). The summed E-state index contributed by atoms with van der Waals surface area (Å²) in [5.41, 5.74) is 1.86. The Morgan fingerprint density at radius 3 is 2.57 bits per heavy atom. The SMILES string of the molecule is CCNC(=NCc1ccn(-c2ccc(OC)cc2)n1)N1CCC(C(=O)OCC)CC1. The van der Waals surface area contributed by atoms with Gasteiger partial charge in [0.1, 0.15) is 5.75 Å². The van der Waals surface area contributed by atoms with Gasteiger partial charge in [-0.3, -0.25) is 4.79 Å². The number of aromatic nitrogens is 2. The maximum absolute atomic E-state index is 12.0. The van der Waals surface area contributed by atoms with E-state index in [2.05, 4.69) is 22.2 Å². The topological polar surface area (TPSA) is 81.0 Å². The number of carbonyl (C=O) groups is 1. The van der Waals surface area contributed by atoms with Gasteiger partial charge in [-0.15, -0.1) is 0 Å². The lowest BCUT2D eigenvalue weighted by Crippen LogP contribution is -2.46. The number of guanidine groups is 1. The Bertz CT molecular complexity index is 839. The monoisotopic (exact) mass is 413 g/mol. The number of nitrogens with zero attached hydrogens (tertiary/aromatic N) is 4. The molecule has 0 aliphatic carbocycles. The van der Waals surface area contributed by atoms with Crippen molar-refractivity contribution >= 4 is 11.9 Å². The highest BCUT2D eigenvalue weighted by atomic mass is 16.5. The number of esters is 1. The van der Waals surface area contributed by atoms with E-state index in [-0.39, 0.29) is 11.9 Å². The summed E-state index contributed by atoms with van der Waals surface area (Å²) in [5.74, 6) is 1.59. The summed E-state index contributed by atoms with van der Waals surface area (Å²) < 4.78 is 12.2. The predicted molar refractivity (Wildman–Crippen MR) is 116 cm³/mol. The summed E-state index contributed by atoms with van der Waals surface area (Å²) in [6.45, 7) is 7.19. The van der Waals surface area contributed by atoms with Crippen LogP contribution in [0.4, 0.5) is 0 Å². The van der Waals surface area contributed by atoms with E-state index in [1.165, 1.54) is 0 Å². The van der Waals surface area contributed by atoms with Crippen LogP contribution in [0.25, 0.3) is 5.69 Å². The summed E-state index contributed by atoms with van der Waals surface area (Å²) in [5, 5.41) is 7.98. The van der Waals surface area contributed by atoms with E-state index < -0.39 is 0 Å². The van der Waals surface area contributed by atoms with Crippen molar-refractivity contribution in [3.63, 3.8) is 0 Å². The Balaban J connectivity index is 1.61. The first kappa shape index (κ1) is 21.7. The molecule has 0 radical (unpaired) electrons. The molecule has 8 nitrogen and oxygen atoms in total. The van der Waals surface area contributed by atoms with Gasteiger partial charge in [-0.25, -0.2) is 9.67 Å². The van der Waals surface area contributed by atoms with Crippen molar-refractivity contribution in [2.24, 2.45) is 10.9 Å². The minimum absolute atomic E-state index is 0.00993. The fraction of sp³-hybridized carbons (Fsp3) is 0.500. The molecular formula is C22H31N5O3. The summed E-state index contributed by atoms with van der Waals surface area (Å²) >= 11 is 0. The van der Waals surface area contributed by atoms with Gasteiger partial charge in [-0.1, -0.05) is 0 Å². The normalized spacial score (nSPS) is 15.2. The highest BCUT2D eigenvalue weighted by molar-refractivity contribution is 5.80. The van der Waals surface area contributed by atoms with E-state index in [0.717, 1.165) is 55.6 Å². The van der Waals surface area contributed by atoms with Crippen molar-refractivity contribution in [1.82, 2.24) is 20.0 Å². The van der Waals surface area contributed by atoms with Crippen molar-refractivity contribution in [1.29, 1.82) is 0 Å². The zero-order valence-electron chi connectivity index (χ0n) is 18.0. The number of nitrogens with one attached hydrogen (secondary N) is 1.